The van der Waals surface area contributed by atoms with Crippen LogP contribution < -0.4 is 5.73 Å². The fraction of sp³-hybridized carbons (Fsp3) is 0.143. The van der Waals surface area contributed by atoms with Gasteiger partial charge in [0, 0.05) is 11.3 Å². The van der Waals surface area contributed by atoms with Gasteiger partial charge in [-0.25, -0.2) is 8.78 Å². The highest BCUT2D eigenvalue weighted by Gasteiger charge is 2.07. The molecule has 0 aliphatic carbocycles. The molecular formula is C7H6ClF2N. The van der Waals surface area contributed by atoms with Gasteiger partial charge in [-0.05, 0) is 12.1 Å². The molecule has 0 heterocycles. The molecular weight excluding hydrogens is 172 g/mol. The van der Waals surface area contributed by atoms with E-state index in [1.165, 1.54) is 6.07 Å². The number of alkyl halides is 1. The van der Waals surface area contributed by atoms with Crippen molar-refractivity contribution in [3.05, 3.63) is 29.3 Å². The Morgan fingerprint density at radius 2 is 2.00 bits per heavy atom. The van der Waals surface area contributed by atoms with E-state index in [1.54, 1.807) is 0 Å². The molecule has 0 bridgehead atoms. The lowest BCUT2D eigenvalue weighted by Crippen LogP contribution is -1.95. The van der Waals surface area contributed by atoms with E-state index >= 15 is 0 Å². The summed E-state index contributed by atoms with van der Waals surface area (Å²) in [5, 5.41) is 0. The average Bonchev–Trinajstić information content (AvgIpc) is 1.96. The SMILES string of the molecule is Nc1cc(F)c(F)c(CCl)c1. The summed E-state index contributed by atoms with van der Waals surface area (Å²) in [6, 6.07) is 2.23. The molecule has 2 N–H and O–H groups in total. The third kappa shape index (κ3) is 1.60. The van der Waals surface area contributed by atoms with Crippen molar-refractivity contribution in [3.63, 3.8) is 0 Å². The van der Waals surface area contributed by atoms with Crippen molar-refractivity contribution in [2.24, 2.45) is 0 Å². The zero-order chi connectivity index (χ0) is 8.43. The van der Waals surface area contributed by atoms with Gasteiger partial charge in [0.1, 0.15) is 0 Å². The van der Waals surface area contributed by atoms with E-state index in [1.807, 2.05) is 0 Å². The standard InChI is InChI=1S/C7H6ClF2N/c8-3-4-1-5(11)2-6(9)7(4)10/h1-2H,3,11H2. The molecule has 0 saturated carbocycles. The normalized spacial score (nSPS) is 10.1. The predicted octanol–water partition coefficient (Wildman–Crippen LogP) is 2.29. The number of rotatable bonds is 1. The Morgan fingerprint density at radius 1 is 1.36 bits per heavy atom. The van der Waals surface area contributed by atoms with Crippen molar-refractivity contribution in [2.45, 2.75) is 5.88 Å². The first kappa shape index (κ1) is 8.27. The molecule has 0 spiro atoms. The molecule has 0 fully saturated rings. The molecule has 11 heavy (non-hydrogen) atoms. The number of nitrogens with two attached hydrogens (primary N) is 1. The zero-order valence-corrected chi connectivity index (χ0v) is 6.33. The second-order valence-electron chi connectivity index (χ2n) is 2.11. The second kappa shape index (κ2) is 3.05. The maximum Gasteiger partial charge on any atom is 0.163 e. The van der Waals surface area contributed by atoms with Crippen LogP contribution >= 0.6 is 11.6 Å². The lowest BCUT2D eigenvalue weighted by atomic mass is 10.2. The highest BCUT2D eigenvalue weighted by Crippen LogP contribution is 2.17. The van der Waals surface area contributed by atoms with Gasteiger partial charge in [-0.2, -0.15) is 0 Å². The Labute approximate surface area is 67.8 Å². The van der Waals surface area contributed by atoms with Crippen LogP contribution in [0.15, 0.2) is 12.1 Å². The van der Waals surface area contributed by atoms with E-state index in [0.717, 1.165) is 6.07 Å². The maximum atomic E-state index is 12.7. The first-order valence-corrected chi connectivity index (χ1v) is 3.48. The number of halogens is 3. The van der Waals surface area contributed by atoms with Gasteiger partial charge in [0.15, 0.2) is 11.6 Å². The van der Waals surface area contributed by atoms with Crippen LogP contribution in [0.1, 0.15) is 5.56 Å². The van der Waals surface area contributed by atoms with Gasteiger partial charge >= 0.3 is 0 Å². The van der Waals surface area contributed by atoms with Crippen molar-refractivity contribution in [3.8, 4) is 0 Å². The molecule has 0 aliphatic rings. The summed E-state index contributed by atoms with van der Waals surface area (Å²) in [4.78, 5) is 0. The summed E-state index contributed by atoms with van der Waals surface area (Å²) in [7, 11) is 0. The molecule has 0 atom stereocenters. The Kier molecular flexibility index (Phi) is 2.29. The molecule has 0 aliphatic heterocycles. The smallest absolute Gasteiger partial charge is 0.163 e. The first-order chi connectivity index (χ1) is 5.15. The van der Waals surface area contributed by atoms with Crippen LogP contribution in [0, 0.1) is 11.6 Å². The van der Waals surface area contributed by atoms with Crippen molar-refractivity contribution in [1.29, 1.82) is 0 Å². The van der Waals surface area contributed by atoms with E-state index in [9.17, 15) is 8.78 Å². The van der Waals surface area contributed by atoms with Crippen LogP contribution in [-0.4, -0.2) is 0 Å². The summed E-state index contributed by atoms with van der Waals surface area (Å²) in [6.07, 6.45) is 0. The van der Waals surface area contributed by atoms with Gasteiger partial charge < -0.3 is 5.73 Å². The summed E-state index contributed by atoms with van der Waals surface area (Å²) in [5.41, 5.74) is 5.51. The third-order valence-electron chi connectivity index (χ3n) is 1.27. The van der Waals surface area contributed by atoms with Gasteiger partial charge in [0.05, 0.1) is 5.88 Å². The molecule has 4 heteroatoms. The van der Waals surface area contributed by atoms with Crippen LogP contribution in [0.3, 0.4) is 0 Å². The Bertz CT molecular complexity index is 275. The van der Waals surface area contributed by atoms with Crippen LogP contribution in [0.2, 0.25) is 0 Å². The first-order valence-electron chi connectivity index (χ1n) is 2.94. The highest BCUT2D eigenvalue weighted by atomic mass is 35.5. The summed E-state index contributed by atoms with van der Waals surface area (Å²) < 4.78 is 25.2. The van der Waals surface area contributed by atoms with Crippen LogP contribution in [-0.2, 0) is 5.88 Å². The highest BCUT2D eigenvalue weighted by molar-refractivity contribution is 6.17. The Morgan fingerprint density at radius 3 is 2.55 bits per heavy atom. The quantitative estimate of drug-likeness (QED) is 0.517. The van der Waals surface area contributed by atoms with Gasteiger partial charge in [0.2, 0.25) is 0 Å². The van der Waals surface area contributed by atoms with E-state index in [-0.39, 0.29) is 17.1 Å². The minimum Gasteiger partial charge on any atom is -0.399 e. The molecule has 0 saturated heterocycles. The maximum absolute atomic E-state index is 12.7. The van der Waals surface area contributed by atoms with Crippen molar-refractivity contribution in [2.75, 3.05) is 5.73 Å². The number of anilines is 1. The largest absolute Gasteiger partial charge is 0.399 e. The van der Waals surface area contributed by atoms with Crippen molar-refractivity contribution < 1.29 is 8.78 Å². The van der Waals surface area contributed by atoms with E-state index in [4.69, 9.17) is 17.3 Å². The molecule has 1 rings (SSSR count). The monoisotopic (exact) mass is 177 g/mol. The van der Waals surface area contributed by atoms with Crippen LogP contribution in [0.4, 0.5) is 14.5 Å². The van der Waals surface area contributed by atoms with E-state index < -0.39 is 11.6 Å². The molecule has 1 nitrogen and oxygen atoms in total. The topological polar surface area (TPSA) is 26.0 Å². The molecule has 60 valence electrons. The van der Waals surface area contributed by atoms with Crippen molar-refractivity contribution >= 4 is 17.3 Å². The minimum atomic E-state index is -0.958. The number of hydrogen-bond acceptors (Lipinski definition) is 1. The zero-order valence-electron chi connectivity index (χ0n) is 5.57. The average molecular weight is 178 g/mol. The fourth-order valence-electron chi connectivity index (χ4n) is 0.767. The summed E-state index contributed by atoms with van der Waals surface area (Å²) in [6.45, 7) is 0. The summed E-state index contributed by atoms with van der Waals surface area (Å²) in [5.74, 6) is -1.96. The van der Waals surface area contributed by atoms with E-state index in [2.05, 4.69) is 0 Å². The number of benzene rings is 1. The fourth-order valence-corrected chi connectivity index (χ4v) is 0.961. The molecule has 0 amide bonds. The Balaban J connectivity index is 3.24. The number of nitrogen functional groups attached to an aromatic ring is 1. The molecule has 1 aromatic carbocycles. The van der Waals surface area contributed by atoms with E-state index in [0.29, 0.717) is 0 Å². The van der Waals surface area contributed by atoms with Crippen LogP contribution in [0.5, 0.6) is 0 Å². The lowest BCUT2D eigenvalue weighted by molar-refractivity contribution is 0.503. The van der Waals surface area contributed by atoms with Gasteiger partial charge in [-0.1, -0.05) is 0 Å². The molecule has 0 radical (unpaired) electrons. The van der Waals surface area contributed by atoms with Gasteiger partial charge in [0.25, 0.3) is 0 Å². The molecule has 0 unspecified atom stereocenters. The Hall–Kier alpha value is -0.830. The summed E-state index contributed by atoms with van der Waals surface area (Å²) >= 11 is 5.31. The van der Waals surface area contributed by atoms with Gasteiger partial charge in [-0.3, -0.25) is 0 Å². The minimum absolute atomic E-state index is 0.0756. The number of hydrogen-bond donors (Lipinski definition) is 1. The predicted molar refractivity (Wildman–Crippen MR) is 40.3 cm³/mol. The second-order valence-corrected chi connectivity index (χ2v) is 2.38. The molecule has 1 aromatic rings. The van der Waals surface area contributed by atoms with Crippen molar-refractivity contribution in [1.82, 2.24) is 0 Å². The van der Waals surface area contributed by atoms with Gasteiger partial charge in [-0.15, -0.1) is 11.6 Å². The van der Waals surface area contributed by atoms with Crippen LogP contribution in [0.25, 0.3) is 0 Å². The third-order valence-corrected chi connectivity index (χ3v) is 1.56. The molecule has 0 aromatic heterocycles. The lowest BCUT2D eigenvalue weighted by Gasteiger charge is -2.00.